The number of esters is 1. The molecule has 3 heteroatoms. The molecule has 0 aliphatic carbocycles. The fraction of sp³-hybridized carbons (Fsp3) is 0.833. The highest BCUT2D eigenvalue weighted by Crippen LogP contribution is 2.22. The van der Waals surface area contributed by atoms with Gasteiger partial charge in [-0.15, -0.1) is 0 Å². The number of hydrogen-bond acceptors (Lipinski definition) is 3. The van der Waals surface area contributed by atoms with Gasteiger partial charge in [0.05, 0.1) is 6.61 Å². The molecule has 2 rings (SSSR count). The Morgan fingerprint density at radius 1 is 1.67 bits per heavy atom. The van der Waals surface area contributed by atoms with E-state index in [9.17, 15) is 4.79 Å². The second-order valence-electron chi connectivity index (χ2n) is 2.61. The van der Waals surface area contributed by atoms with Gasteiger partial charge in [-0.2, -0.15) is 0 Å². The van der Waals surface area contributed by atoms with Crippen LogP contribution in [0.1, 0.15) is 6.42 Å². The van der Waals surface area contributed by atoms with E-state index >= 15 is 0 Å². The van der Waals surface area contributed by atoms with E-state index in [0.717, 1.165) is 13.0 Å². The molecular formula is C6H9NO2. The van der Waals surface area contributed by atoms with Crippen LogP contribution in [0.4, 0.5) is 0 Å². The van der Waals surface area contributed by atoms with Crippen molar-refractivity contribution < 1.29 is 9.53 Å². The Bertz CT molecular complexity index is 146. The summed E-state index contributed by atoms with van der Waals surface area (Å²) >= 11 is 0. The van der Waals surface area contributed by atoms with Crippen molar-refractivity contribution in [2.45, 2.75) is 12.5 Å². The largest absolute Gasteiger partial charge is 0.464 e. The molecule has 2 heterocycles. The number of carbonyl (C=O) groups is 1. The van der Waals surface area contributed by atoms with Gasteiger partial charge >= 0.3 is 5.97 Å². The summed E-state index contributed by atoms with van der Waals surface area (Å²) in [5.74, 6) is 0.412. The molecule has 3 nitrogen and oxygen atoms in total. The lowest BCUT2D eigenvalue weighted by molar-refractivity contribution is -0.139. The summed E-state index contributed by atoms with van der Waals surface area (Å²) in [4.78, 5) is 10.8. The molecule has 0 bridgehead atoms. The molecule has 0 aromatic heterocycles. The quantitative estimate of drug-likeness (QED) is 0.447. The summed E-state index contributed by atoms with van der Waals surface area (Å²) in [6, 6.07) is 0.0324. The fourth-order valence-electron chi connectivity index (χ4n) is 1.49. The van der Waals surface area contributed by atoms with Gasteiger partial charge in [-0.25, -0.2) is 0 Å². The number of rotatable bonds is 0. The first kappa shape index (κ1) is 5.23. The summed E-state index contributed by atoms with van der Waals surface area (Å²) in [5.41, 5.74) is 0. The van der Waals surface area contributed by atoms with Gasteiger partial charge in [-0.1, -0.05) is 0 Å². The first-order valence-electron chi connectivity index (χ1n) is 3.28. The maximum absolute atomic E-state index is 10.8. The summed E-state index contributed by atoms with van der Waals surface area (Å²) in [6.07, 6.45) is 1.09. The molecular weight excluding hydrogens is 118 g/mol. The van der Waals surface area contributed by atoms with E-state index in [1.807, 2.05) is 0 Å². The predicted octanol–water partition coefficient (Wildman–Crippen LogP) is -0.479. The van der Waals surface area contributed by atoms with Crippen molar-refractivity contribution in [2.75, 3.05) is 13.2 Å². The summed E-state index contributed by atoms with van der Waals surface area (Å²) in [6.45, 7) is 1.61. The summed E-state index contributed by atoms with van der Waals surface area (Å²) in [5, 5.41) is 3.09. The molecule has 2 atom stereocenters. The number of ether oxygens (including phenoxy) is 1. The van der Waals surface area contributed by atoms with Gasteiger partial charge in [0.15, 0.2) is 0 Å². The van der Waals surface area contributed by atoms with Gasteiger partial charge < -0.3 is 10.1 Å². The normalized spacial score (nSPS) is 40.7. The number of carbonyl (C=O) groups excluding carboxylic acids is 1. The first-order valence-corrected chi connectivity index (χ1v) is 3.28. The minimum atomic E-state index is -0.0579. The van der Waals surface area contributed by atoms with Crippen LogP contribution in [0.15, 0.2) is 0 Å². The molecule has 0 unspecified atom stereocenters. The molecule has 0 radical (unpaired) electrons. The lowest BCUT2D eigenvalue weighted by Crippen LogP contribution is -2.30. The second-order valence-corrected chi connectivity index (χ2v) is 2.61. The standard InChI is InChI=1S/C6H9NO2/c8-6-5-4(3-9-6)1-2-7-5/h4-5,7H,1-3H2/t4-,5-/m0/s1. The predicted molar refractivity (Wildman–Crippen MR) is 30.9 cm³/mol. The second kappa shape index (κ2) is 1.70. The molecule has 1 N–H and O–H groups in total. The Labute approximate surface area is 53.4 Å². The van der Waals surface area contributed by atoms with Crippen LogP contribution in [0.5, 0.6) is 0 Å². The Kier molecular flexibility index (Phi) is 0.990. The lowest BCUT2D eigenvalue weighted by atomic mass is 10.1. The third kappa shape index (κ3) is 0.645. The van der Waals surface area contributed by atoms with E-state index in [2.05, 4.69) is 5.32 Å². The van der Waals surface area contributed by atoms with E-state index in [4.69, 9.17) is 4.74 Å². The topological polar surface area (TPSA) is 38.3 Å². The third-order valence-corrected chi connectivity index (χ3v) is 2.04. The van der Waals surface area contributed by atoms with Gasteiger partial charge in [0.25, 0.3) is 0 Å². The van der Waals surface area contributed by atoms with E-state index in [0.29, 0.717) is 12.5 Å². The Hall–Kier alpha value is -0.570. The average molecular weight is 127 g/mol. The van der Waals surface area contributed by atoms with Gasteiger partial charge in [0.1, 0.15) is 6.04 Å². The molecule has 0 spiro atoms. The van der Waals surface area contributed by atoms with Gasteiger partial charge in [-0.05, 0) is 13.0 Å². The van der Waals surface area contributed by atoms with Crippen LogP contribution in [0.25, 0.3) is 0 Å². The molecule has 2 aliphatic rings. The van der Waals surface area contributed by atoms with E-state index < -0.39 is 0 Å². The van der Waals surface area contributed by atoms with Crippen LogP contribution >= 0.6 is 0 Å². The van der Waals surface area contributed by atoms with E-state index in [1.165, 1.54) is 0 Å². The zero-order chi connectivity index (χ0) is 6.27. The summed E-state index contributed by atoms with van der Waals surface area (Å²) in [7, 11) is 0. The molecule has 0 amide bonds. The van der Waals surface area contributed by atoms with Crippen molar-refractivity contribution in [1.29, 1.82) is 0 Å². The van der Waals surface area contributed by atoms with E-state index in [1.54, 1.807) is 0 Å². The van der Waals surface area contributed by atoms with Crippen molar-refractivity contribution in [3.05, 3.63) is 0 Å². The monoisotopic (exact) mass is 127 g/mol. The molecule has 0 aromatic rings. The van der Waals surface area contributed by atoms with Crippen molar-refractivity contribution in [3.8, 4) is 0 Å². The van der Waals surface area contributed by atoms with Crippen LogP contribution in [0.3, 0.4) is 0 Å². The molecule has 50 valence electrons. The maximum atomic E-state index is 10.8. The average Bonchev–Trinajstić information content (AvgIpc) is 2.35. The number of nitrogens with one attached hydrogen (secondary N) is 1. The minimum Gasteiger partial charge on any atom is -0.464 e. The van der Waals surface area contributed by atoms with Crippen LogP contribution in [0, 0.1) is 5.92 Å². The molecule has 0 aromatic carbocycles. The third-order valence-electron chi connectivity index (χ3n) is 2.04. The number of fused-ring (bicyclic) bond motifs is 1. The first-order chi connectivity index (χ1) is 4.38. The Morgan fingerprint density at radius 2 is 2.56 bits per heavy atom. The zero-order valence-corrected chi connectivity index (χ0v) is 5.09. The maximum Gasteiger partial charge on any atom is 0.323 e. The van der Waals surface area contributed by atoms with Crippen molar-refractivity contribution in [2.24, 2.45) is 5.92 Å². The number of cyclic esters (lactones) is 1. The van der Waals surface area contributed by atoms with E-state index in [-0.39, 0.29) is 12.0 Å². The van der Waals surface area contributed by atoms with Crippen LogP contribution < -0.4 is 5.32 Å². The summed E-state index contributed by atoms with van der Waals surface area (Å²) < 4.78 is 4.82. The van der Waals surface area contributed by atoms with Gasteiger partial charge in [0.2, 0.25) is 0 Å². The molecule has 9 heavy (non-hydrogen) atoms. The minimum absolute atomic E-state index is 0.0324. The van der Waals surface area contributed by atoms with Crippen LogP contribution in [-0.2, 0) is 9.53 Å². The van der Waals surface area contributed by atoms with Crippen LogP contribution in [-0.4, -0.2) is 25.2 Å². The highest BCUT2D eigenvalue weighted by atomic mass is 16.5. The molecule has 0 saturated carbocycles. The highest BCUT2D eigenvalue weighted by Gasteiger charge is 2.39. The fourth-order valence-corrected chi connectivity index (χ4v) is 1.49. The smallest absolute Gasteiger partial charge is 0.323 e. The molecule has 2 saturated heterocycles. The SMILES string of the molecule is O=C1OC[C@@H]2CCN[C@H]12. The Balaban J connectivity index is 2.15. The molecule has 2 fully saturated rings. The van der Waals surface area contributed by atoms with Crippen molar-refractivity contribution in [1.82, 2.24) is 5.32 Å². The van der Waals surface area contributed by atoms with Crippen LogP contribution in [0.2, 0.25) is 0 Å². The van der Waals surface area contributed by atoms with Crippen molar-refractivity contribution in [3.63, 3.8) is 0 Å². The zero-order valence-electron chi connectivity index (χ0n) is 5.09. The highest BCUT2D eigenvalue weighted by molar-refractivity contribution is 5.78. The lowest BCUT2D eigenvalue weighted by Gasteiger charge is -1.99. The Morgan fingerprint density at radius 3 is 3.33 bits per heavy atom. The van der Waals surface area contributed by atoms with Gasteiger partial charge in [-0.3, -0.25) is 4.79 Å². The number of hydrogen-bond donors (Lipinski definition) is 1. The van der Waals surface area contributed by atoms with Gasteiger partial charge in [0, 0.05) is 5.92 Å². The molecule has 2 aliphatic heterocycles. The van der Waals surface area contributed by atoms with Crippen molar-refractivity contribution >= 4 is 5.97 Å².